The van der Waals surface area contributed by atoms with E-state index in [1.165, 1.54) is 6.07 Å². The Morgan fingerprint density at radius 2 is 2.22 bits per heavy atom. The van der Waals surface area contributed by atoms with Crippen molar-refractivity contribution in [2.75, 3.05) is 0 Å². The second-order valence-electron chi connectivity index (χ2n) is 5.28. The molecule has 1 aromatic rings. The van der Waals surface area contributed by atoms with Crippen LogP contribution in [0.2, 0.25) is 0 Å². The van der Waals surface area contributed by atoms with Gasteiger partial charge in [0.1, 0.15) is 5.82 Å². The summed E-state index contributed by atoms with van der Waals surface area (Å²) in [7, 11) is 0. The fourth-order valence-corrected chi connectivity index (χ4v) is 2.95. The lowest BCUT2D eigenvalue weighted by atomic mass is 9.80. The fraction of sp³-hybridized carbons (Fsp3) is 0.500. The molecular formula is C14H17BrFNO. The van der Waals surface area contributed by atoms with Crippen molar-refractivity contribution in [3.8, 4) is 0 Å². The van der Waals surface area contributed by atoms with E-state index in [4.69, 9.17) is 0 Å². The first kappa shape index (κ1) is 13.5. The number of carbonyl (C=O) groups is 1. The Morgan fingerprint density at radius 3 is 2.72 bits per heavy atom. The predicted octanol–water partition coefficient (Wildman–Crippen LogP) is 3.44. The summed E-state index contributed by atoms with van der Waals surface area (Å²) >= 11 is 3.20. The molecule has 2 nitrogen and oxygen atoms in total. The summed E-state index contributed by atoms with van der Waals surface area (Å²) < 4.78 is 13.7. The van der Waals surface area contributed by atoms with Crippen LogP contribution in [0, 0.1) is 11.7 Å². The maximum absolute atomic E-state index is 13.2. The van der Waals surface area contributed by atoms with E-state index < -0.39 is 0 Å². The minimum atomic E-state index is -0.257. The van der Waals surface area contributed by atoms with Crippen LogP contribution in [0.4, 0.5) is 4.39 Å². The van der Waals surface area contributed by atoms with Crippen molar-refractivity contribution in [2.45, 2.75) is 38.6 Å². The van der Waals surface area contributed by atoms with Gasteiger partial charge in [0.2, 0.25) is 5.91 Å². The third-order valence-electron chi connectivity index (χ3n) is 3.80. The number of halogens is 2. The predicted molar refractivity (Wildman–Crippen MR) is 72.7 cm³/mol. The molecule has 1 heterocycles. The van der Waals surface area contributed by atoms with Gasteiger partial charge in [0.15, 0.2) is 0 Å². The highest BCUT2D eigenvalue weighted by atomic mass is 79.9. The first-order chi connectivity index (χ1) is 8.43. The zero-order valence-corrected chi connectivity index (χ0v) is 12.2. The van der Waals surface area contributed by atoms with Crippen LogP contribution in [0.5, 0.6) is 0 Å². The first-order valence-corrected chi connectivity index (χ1v) is 6.97. The molecular weight excluding hydrogens is 297 g/mol. The molecule has 1 N–H and O–H groups in total. The molecule has 1 aliphatic rings. The van der Waals surface area contributed by atoms with Gasteiger partial charge in [-0.05, 0) is 52.4 Å². The summed E-state index contributed by atoms with van der Waals surface area (Å²) in [6.45, 7) is 4.23. The summed E-state index contributed by atoms with van der Waals surface area (Å²) in [6, 6.07) is 5.04. The average molecular weight is 314 g/mol. The normalized spacial score (nSPS) is 23.5. The molecule has 1 unspecified atom stereocenters. The van der Waals surface area contributed by atoms with Crippen molar-refractivity contribution in [2.24, 2.45) is 5.92 Å². The summed E-state index contributed by atoms with van der Waals surface area (Å²) in [5, 5.41) is 3.10. The third kappa shape index (κ3) is 2.58. The van der Waals surface area contributed by atoms with E-state index in [0.717, 1.165) is 18.4 Å². The van der Waals surface area contributed by atoms with E-state index in [0.29, 0.717) is 16.8 Å². The molecule has 1 amide bonds. The summed E-state index contributed by atoms with van der Waals surface area (Å²) in [4.78, 5) is 11.5. The lowest BCUT2D eigenvalue weighted by Gasteiger charge is -2.33. The maximum atomic E-state index is 13.2. The van der Waals surface area contributed by atoms with E-state index in [2.05, 4.69) is 35.1 Å². The van der Waals surface area contributed by atoms with E-state index >= 15 is 0 Å². The Balaban J connectivity index is 2.24. The number of amides is 1. The SMILES string of the molecule is CC(C)C1(Cc2ccc(F)c(Br)c2)CCC(=O)N1. The number of rotatable bonds is 3. The molecule has 2 rings (SSSR count). The summed E-state index contributed by atoms with van der Waals surface area (Å²) in [6.07, 6.45) is 2.17. The van der Waals surface area contributed by atoms with Gasteiger partial charge in [-0.15, -0.1) is 0 Å². The van der Waals surface area contributed by atoms with Crippen LogP contribution in [-0.2, 0) is 11.2 Å². The monoisotopic (exact) mass is 313 g/mol. The number of nitrogens with one attached hydrogen (secondary N) is 1. The van der Waals surface area contributed by atoms with E-state index in [1.54, 1.807) is 12.1 Å². The van der Waals surface area contributed by atoms with Crippen LogP contribution < -0.4 is 5.32 Å². The molecule has 0 saturated carbocycles. The van der Waals surface area contributed by atoms with E-state index in [1.807, 2.05) is 0 Å². The minimum absolute atomic E-state index is 0.116. The van der Waals surface area contributed by atoms with Crippen LogP contribution in [-0.4, -0.2) is 11.4 Å². The van der Waals surface area contributed by atoms with Gasteiger partial charge in [-0.3, -0.25) is 4.79 Å². The zero-order chi connectivity index (χ0) is 13.3. The Bertz CT molecular complexity index is 475. The second kappa shape index (κ2) is 5.00. The van der Waals surface area contributed by atoms with Crippen LogP contribution in [0.15, 0.2) is 22.7 Å². The van der Waals surface area contributed by atoms with Crippen molar-refractivity contribution >= 4 is 21.8 Å². The van der Waals surface area contributed by atoms with Gasteiger partial charge < -0.3 is 5.32 Å². The Kier molecular flexibility index (Phi) is 3.76. The zero-order valence-electron chi connectivity index (χ0n) is 10.6. The maximum Gasteiger partial charge on any atom is 0.220 e. The van der Waals surface area contributed by atoms with E-state index in [9.17, 15) is 9.18 Å². The van der Waals surface area contributed by atoms with Gasteiger partial charge in [0.25, 0.3) is 0 Å². The molecule has 1 atom stereocenters. The number of carbonyl (C=O) groups excluding carboxylic acids is 1. The summed E-state index contributed by atoms with van der Waals surface area (Å²) in [5.41, 5.74) is 0.855. The lowest BCUT2D eigenvalue weighted by molar-refractivity contribution is -0.120. The quantitative estimate of drug-likeness (QED) is 0.910. The number of benzene rings is 1. The molecule has 4 heteroatoms. The second-order valence-corrected chi connectivity index (χ2v) is 6.14. The Morgan fingerprint density at radius 1 is 1.50 bits per heavy atom. The van der Waals surface area contributed by atoms with Crippen LogP contribution in [0.25, 0.3) is 0 Å². The number of hydrogen-bond donors (Lipinski definition) is 1. The van der Waals surface area contributed by atoms with Crippen molar-refractivity contribution in [1.29, 1.82) is 0 Å². The molecule has 0 aromatic heterocycles. The van der Waals surface area contributed by atoms with Gasteiger partial charge >= 0.3 is 0 Å². The molecule has 1 aromatic carbocycles. The average Bonchev–Trinajstić information content (AvgIpc) is 2.67. The Hall–Kier alpha value is -0.900. The highest BCUT2D eigenvalue weighted by molar-refractivity contribution is 9.10. The highest BCUT2D eigenvalue weighted by Crippen LogP contribution is 2.32. The van der Waals surface area contributed by atoms with Gasteiger partial charge in [0, 0.05) is 12.0 Å². The largest absolute Gasteiger partial charge is 0.350 e. The van der Waals surface area contributed by atoms with Crippen LogP contribution in [0.1, 0.15) is 32.3 Å². The van der Waals surface area contributed by atoms with Crippen molar-refractivity contribution in [3.63, 3.8) is 0 Å². The van der Waals surface area contributed by atoms with Crippen LogP contribution in [0.3, 0.4) is 0 Å². The van der Waals surface area contributed by atoms with Crippen molar-refractivity contribution in [3.05, 3.63) is 34.1 Å². The summed E-state index contributed by atoms with van der Waals surface area (Å²) in [5.74, 6) is 0.213. The standard InChI is InChI=1S/C14H17BrFNO/c1-9(2)14(6-5-13(18)17-14)8-10-3-4-12(16)11(15)7-10/h3-4,7,9H,5-6,8H2,1-2H3,(H,17,18). The molecule has 18 heavy (non-hydrogen) atoms. The van der Waals surface area contributed by atoms with Crippen molar-refractivity contribution in [1.82, 2.24) is 5.32 Å². The van der Waals surface area contributed by atoms with Gasteiger partial charge in [-0.25, -0.2) is 4.39 Å². The number of hydrogen-bond acceptors (Lipinski definition) is 1. The topological polar surface area (TPSA) is 29.1 Å². The molecule has 98 valence electrons. The lowest BCUT2D eigenvalue weighted by Crippen LogP contribution is -2.48. The van der Waals surface area contributed by atoms with Gasteiger partial charge in [-0.1, -0.05) is 19.9 Å². The van der Waals surface area contributed by atoms with Crippen LogP contribution >= 0.6 is 15.9 Å². The molecule has 0 radical (unpaired) electrons. The molecule has 1 saturated heterocycles. The molecule has 1 fully saturated rings. The molecule has 0 spiro atoms. The van der Waals surface area contributed by atoms with Crippen molar-refractivity contribution < 1.29 is 9.18 Å². The molecule has 1 aliphatic heterocycles. The van der Waals surface area contributed by atoms with Gasteiger partial charge in [0.05, 0.1) is 4.47 Å². The smallest absolute Gasteiger partial charge is 0.220 e. The third-order valence-corrected chi connectivity index (χ3v) is 4.40. The van der Waals surface area contributed by atoms with E-state index in [-0.39, 0.29) is 17.3 Å². The highest BCUT2D eigenvalue weighted by Gasteiger charge is 2.40. The fourth-order valence-electron chi connectivity index (χ4n) is 2.52. The minimum Gasteiger partial charge on any atom is -0.350 e. The molecule has 0 aliphatic carbocycles. The first-order valence-electron chi connectivity index (χ1n) is 6.18. The van der Waals surface area contributed by atoms with Gasteiger partial charge in [-0.2, -0.15) is 0 Å². The Labute approximate surface area is 115 Å². The molecule has 0 bridgehead atoms.